The molecule has 1 aromatic heterocycles. The number of aromatic amines is 1. The highest BCUT2D eigenvalue weighted by Gasteiger charge is 2.38. The topological polar surface area (TPSA) is 58.1 Å². The van der Waals surface area contributed by atoms with Gasteiger partial charge in [-0.25, -0.2) is 4.79 Å². The van der Waals surface area contributed by atoms with Crippen molar-refractivity contribution < 1.29 is 0 Å². The number of nitrogens with zero attached hydrogens (tertiary/aromatic N) is 2. The lowest BCUT2D eigenvalue weighted by Crippen LogP contribution is -2.40. The molecule has 2 saturated heterocycles. The van der Waals surface area contributed by atoms with Crippen molar-refractivity contribution in [3.63, 3.8) is 0 Å². The predicted octanol–water partition coefficient (Wildman–Crippen LogP) is 2.60. The summed E-state index contributed by atoms with van der Waals surface area (Å²) >= 11 is 8.32. The smallest absolute Gasteiger partial charge is 0.307 e. The van der Waals surface area contributed by atoms with Crippen LogP contribution in [0.25, 0.3) is 10.9 Å². The Labute approximate surface area is 149 Å². The van der Waals surface area contributed by atoms with E-state index in [1.165, 1.54) is 19.9 Å². The van der Waals surface area contributed by atoms with E-state index >= 15 is 0 Å². The summed E-state index contributed by atoms with van der Waals surface area (Å²) in [6.07, 6.45) is 4.89. The van der Waals surface area contributed by atoms with Crippen molar-refractivity contribution in [1.29, 1.82) is 0 Å². The third-order valence-electron chi connectivity index (χ3n) is 5.52. The third-order valence-corrected chi connectivity index (χ3v) is 7.34. The second-order valence-electron chi connectivity index (χ2n) is 6.86. The second-order valence-corrected chi connectivity index (χ2v) is 8.58. The van der Waals surface area contributed by atoms with Gasteiger partial charge in [0.05, 0.1) is 15.9 Å². The van der Waals surface area contributed by atoms with E-state index in [2.05, 4.69) is 16.9 Å². The normalized spacial score (nSPS) is 27.0. The SMILES string of the molecule is CN1[C@@H]2CC[C@H]1C[C@H](Sc1ccc3[nH]c(=O)n(C)c(=O)c3c1Cl)C2. The molecule has 0 unspecified atom stereocenters. The van der Waals surface area contributed by atoms with Crippen LogP contribution in [0.15, 0.2) is 26.6 Å². The van der Waals surface area contributed by atoms with E-state index in [9.17, 15) is 9.59 Å². The summed E-state index contributed by atoms with van der Waals surface area (Å²) < 4.78 is 1.07. The summed E-state index contributed by atoms with van der Waals surface area (Å²) in [5, 5.41) is 1.39. The maximum absolute atomic E-state index is 12.4. The maximum atomic E-state index is 12.4. The largest absolute Gasteiger partial charge is 0.328 e. The van der Waals surface area contributed by atoms with Gasteiger partial charge < -0.3 is 9.88 Å². The van der Waals surface area contributed by atoms with Crippen molar-refractivity contribution in [1.82, 2.24) is 14.5 Å². The molecule has 3 heterocycles. The second kappa shape index (κ2) is 5.93. The zero-order valence-corrected chi connectivity index (χ0v) is 15.3. The van der Waals surface area contributed by atoms with E-state index in [0.717, 1.165) is 22.3 Å². The fourth-order valence-corrected chi connectivity index (χ4v) is 5.78. The van der Waals surface area contributed by atoms with Crippen molar-refractivity contribution in [2.24, 2.45) is 7.05 Å². The van der Waals surface area contributed by atoms with Crippen LogP contribution in [0, 0.1) is 0 Å². The number of fused-ring (bicyclic) bond motifs is 3. The van der Waals surface area contributed by atoms with E-state index in [4.69, 9.17) is 11.6 Å². The molecule has 7 heteroatoms. The first-order valence-corrected chi connectivity index (χ1v) is 9.51. The number of hydrogen-bond donors (Lipinski definition) is 1. The molecule has 2 fully saturated rings. The van der Waals surface area contributed by atoms with Gasteiger partial charge in [-0.05, 0) is 44.9 Å². The van der Waals surface area contributed by atoms with Gasteiger partial charge in [-0.2, -0.15) is 0 Å². The molecule has 1 N–H and O–H groups in total. The zero-order valence-electron chi connectivity index (χ0n) is 13.7. The summed E-state index contributed by atoms with van der Waals surface area (Å²) in [5.41, 5.74) is -0.263. The van der Waals surface area contributed by atoms with Crippen molar-refractivity contribution in [2.45, 2.75) is 47.9 Å². The molecule has 24 heavy (non-hydrogen) atoms. The monoisotopic (exact) mass is 365 g/mol. The van der Waals surface area contributed by atoms with Gasteiger partial charge >= 0.3 is 5.69 Å². The fourth-order valence-electron chi connectivity index (χ4n) is 4.06. The van der Waals surface area contributed by atoms with Crippen LogP contribution in [-0.2, 0) is 7.05 Å². The average molecular weight is 366 g/mol. The zero-order chi connectivity index (χ0) is 17.0. The molecule has 0 amide bonds. The lowest BCUT2D eigenvalue weighted by atomic mass is 10.0. The summed E-state index contributed by atoms with van der Waals surface area (Å²) in [6, 6.07) is 5.05. The molecule has 3 atom stereocenters. The van der Waals surface area contributed by atoms with Crippen LogP contribution in [0.3, 0.4) is 0 Å². The predicted molar refractivity (Wildman–Crippen MR) is 98.3 cm³/mol. The molecule has 2 aliphatic heterocycles. The van der Waals surface area contributed by atoms with Crippen LogP contribution in [0.2, 0.25) is 5.02 Å². The quantitative estimate of drug-likeness (QED) is 0.888. The molecule has 2 bridgehead atoms. The van der Waals surface area contributed by atoms with Gasteiger partial charge in [0, 0.05) is 29.3 Å². The van der Waals surface area contributed by atoms with Crippen LogP contribution in [0.1, 0.15) is 25.7 Å². The summed E-state index contributed by atoms with van der Waals surface area (Å²) in [7, 11) is 3.69. The van der Waals surface area contributed by atoms with Gasteiger partial charge in [0.2, 0.25) is 0 Å². The Kier molecular flexibility index (Phi) is 4.01. The van der Waals surface area contributed by atoms with Crippen molar-refractivity contribution in [3.05, 3.63) is 38.0 Å². The van der Waals surface area contributed by atoms with Crippen LogP contribution < -0.4 is 11.2 Å². The summed E-state index contributed by atoms with van der Waals surface area (Å²) in [5.74, 6) is 0. The highest BCUT2D eigenvalue weighted by Crippen LogP contribution is 2.43. The van der Waals surface area contributed by atoms with E-state index in [0.29, 0.717) is 33.3 Å². The summed E-state index contributed by atoms with van der Waals surface area (Å²) in [6.45, 7) is 0. The molecule has 128 valence electrons. The number of nitrogens with one attached hydrogen (secondary N) is 1. The Bertz CT molecular complexity index is 908. The highest BCUT2D eigenvalue weighted by molar-refractivity contribution is 8.00. The van der Waals surface area contributed by atoms with Crippen LogP contribution in [0.4, 0.5) is 0 Å². The number of H-pyrrole nitrogens is 1. The van der Waals surface area contributed by atoms with Gasteiger partial charge in [0.15, 0.2) is 0 Å². The third kappa shape index (κ3) is 2.52. The lowest BCUT2D eigenvalue weighted by Gasteiger charge is -2.36. The number of thioether (sulfide) groups is 1. The molecule has 0 saturated carbocycles. The maximum Gasteiger partial charge on any atom is 0.328 e. The molecule has 4 rings (SSSR count). The molecule has 0 aliphatic carbocycles. The molecule has 5 nitrogen and oxygen atoms in total. The first-order valence-electron chi connectivity index (χ1n) is 8.26. The highest BCUT2D eigenvalue weighted by atomic mass is 35.5. The van der Waals surface area contributed by atoms with E-state index in [-0.39, 0.29) is 5.56 Å². The molecule has 2 aliphatic rings. The van der Waals surface area contributed by atoms with E-state index < -0.39 is 5.69 Å². The van der Waals surface area contributed by atoms with Gasteiger partial charge in [-0.3, -0.25) is 9.36 Å². The number of aromatic nitrogens is 2. The van der Waals surface area contributed by atoms with Crippen LogP contribution in [0.5, 0.6) is 0 Å². The molecule has 2 aromatic rings. The van der Waals surface area contributed by atoms with Crippen molar-refractivity contribution >= 4 is 34.3 Å². The van der Waals surface area contributed by atoms with Gasteiger partial charge in [0.1, 0.15) is 0 Å². The Hall–Kier alpha value is -1.24. The first kappa shape index (κ1) is 16.2. The Morgan fingerprint density at radius 1 is 1.17 bits per heavy atom. The summed E-state index contributed by atoms with van der Waals surface area (Å²) in [4.78, 5) is 30.3. The van der Waals surface area contributed by atoms with Crippen molar-refractivity contribution in [3.8, 4) is 0 Å². The average Bonchev–Trinajstić information content (AvgIpc) is 2.77. The molecule has 1 aromatic carbocycles. The number of hydrogen-bond acceptors (Lipinski definition) is 4. The minimum atomic E-state index is -0.420. The van der Waals surface area contributed by atoms with Gasteiger partial charge in [0.25, 0.3) is 5.56 Å². The number of rotatable bonds is 2. The molecular formula is C17H20ClN3O2S. The fraction of sp³-hybridized carbons (Fsp3) is 0.529. The molecular weight excluding hydrogens is 346 g/mol. The lowest BCUT2D eigenvalue weighted by molar-refractivity contribution is 0.183. The van der Waals surface area contributed by atoms with Gasteiger partial charge in [-0.1, -0.05) is 11.6 Å². The van der Waals surface area contributed by atoms with Gasteiger partial charge in [-0.15, -0.1) is 11.8 Å². The van der Waals surface area contributed by atoms with Crippen LogP contribution in [-0.4, -0.2) is 38.8 Å². The van der Waals surface area contributed by atoms with E-state index in [1.54, 1.807) is 17.8 Å². The standard InChI is InChI=1S/C17H20ClN3O2S/c1-20-9-3-4-10(20)8-11(7-9)24-13-6-5-12-14(15(13)18)16(22)21(2)17(23)19-12/h5-6,9-11H,3-4,7-8H2,1-2H3,(H,19,23)/t9-,10+,11-. The number of piperidine rings is 1. The number of halogens is 1. The molecule has 0 radical (unpaired) electrons. The minimum absolute atomic E-state index is 0.343. The number of benzene rings is 1. The van der Waals surface area contributed by atoms with E-state index in [1.807, 2.05) is 6.07 Å². The Morgan fingerprint density at radius 2 is 1.83 bits per heavy atom. The Balaban J connectivity index is 1.70. The van der Waals surface area contributed by atoms with Crippen LogP contribution >= 0.6 is 23.4 Å². The Morgan fingerprint density at radius 3 is 2.50 bits per heavy atom. The first-order chi connectivity index (χ1) is 11.5. The molecule has 0 spiro atoms. The minimum Gasteiger partial charge on any atom is -0.307 e. The van der Waals surface area contributed by atoms with Crippen molar-refractivity contribution in [2.75, 3.05) is 7.05 Å².